The highest BCUT2D eigenvalue weighted by molar-refractivity contribution is 5.67. The van der Waals surface area contributed by atoms with E-state index in [1.54, 1.807) is 19.1 Å². The number of hydrogen-bond acceptors (Lipinski definition) is 5. The first kappa shape index (κ1) is 16.6. The molecular formula is C17H23N5O2. The standard InChI is InChI=1S/C17H23N5O2/c1-12-10-13(4-5-15(12)22(23)24)17-14-11-18-7-6-16(14)21(19-17)9-8-20(2)3/h4-5,10,18H,6-9,11H2,1-3H3. The fraction of sp³-hybridized carbons (Fsp3) is 0.471. The van der Waals surface area contributed by atoms with Crippen LogP contribution in [0.15, 0.2) is 18.2 Å². The second kappa shape index (κ2) is 6.70. The lowest BCUT2D eigenvalue weighted by atomic mass is 10.0. The third kappa shape index (κ3) is 3.18. The van der Waals surface area contributed by atoms with Gasteiger partial charge in [-0.3, -0.25) is 14.8 Å². The Morgan fingerprint density at radius 1 is 1.42 bits per heavy atom. The zero-order valence-corrected chi connectivity index (χ0v) is 14.4. The van der Waals surface area contributed by atoms with E-state index in [0.29, 0.717) is 5.56 Å². The van der Waals surface area contributed by atoms with Crippen molar-refractivity contribution in [3.8, 4) is 11.3 Å². The summed E-state index contributed by atoms with van der Waals surface area (Å²) in [6, 6.07) is 5.25. The van der Waals surface area contributed by atoms with Crippen LogP contribution in [0.3, 0.4) is 0 Å². The van der Waals surface area contributed by atoms with E-state index in [0.717, 1.165) is 43.9 Å². The molecule has 0 spiro atoms. The van der Waals surface area contributed by atoms with Crippen LogP contribution in [-0.2, 0) is 19.5 Å². The normalized spacial score (nSPS) is 14.0. The Labute approximate surface area is 141 Å². The molecule has 0 radical (unpaired) electrons. The van der Waals surface area contributed by atoms with Crippen molar-refractivity contribution in [3.05, 3.63) is 45.1 Å². The molecule has 1 aromatic carbocycles. The van der Waals surface area contributed by atoms with Crippen LogP contribution < -0.4 is 5.32 Å². The highest BCUT2D eigenvalue weighted by Gasteiger charge is 2.22. The van der Waals surface area contributed by atoms with Crippen molar-refractivity contribution in [3.63, 3.8) is 0 Å². The first-order valence-electron chi connectivity index (χ1n) is 8.17. The maximum absolute atomic E-state index is 11.0. The van der Waals surface area contributed by atoms with E-state index < -0.39 is 0 Å². The zero-order valence-electron chi connectivity index (χ0n) is 14.4. The van der Waals surface area contributed by atoms with Crippen molar-refractivity contribution in [2.24, 2.45) is 0 Å². The van der Waals surface area contributed by atoms with Gasteiger partial charge in [-0.15, -0.1) is 0 Å². The van der Waals surface area contributed by atoms with Crippen LogP contribution in [0, 0.1) is 17.0 Å². The molecule has 0 fully saturated rings. The lowest BCUT2D eigenvalue weighted by molar-refractivity contribution is -0.385. The third-order valence-corrected chi connectivity index (χ3v) is 4.43. The molecule has 0 unspecified atom stereocenters. The number of nitrogens with zero attached hydrogens (tertiary/aromatic N) is 4. The second-order valence-electron chi connectivity index (χ2n) is 6.49. The first-order chi connectivity index (χ1) is 11.5. The number of benzene rings is 1. The molecule has 0 aliphatic carbocycles. The number of fused-ring (bicyclic) bond motifs is 1. The summed E-state index contributed by atoms with van der Waals surface area (Å²) in [7, 11) is 4.11. The number of nitro groups is 1. The summed E-state index contributed by atoms with van der Waals surface area (Å²) in [6.07, 6.45) is 0.960. The molecule has 0 amide bonds. The topological polar surface area (TPSA) is 76.2 Å². The van der Waals surface area contributed by atoms with Crippen molar-refractivity contribution in [1.29, 1.82) is 0 Å². The Hall–Kier alpha value is -2.25. The molecule has 1 N–H and O–H groups in total. The van der Waals surface area contributed by atoms with Gasteiger partial charge in [0.25, 0.3) is 5.69 Å². The maximum atomic E-state index is 11.0. The molecule has 1 aliphatic rings. The Morgan fingerprint density at radius 3 is 2.88 bits per heavy atom. The lowest BCUT2D eigenvalue weighted by Crippen LogP contribution is -2.26. The Bertz CT molecular complexity index is 767. The van der Waals surface area contributed by atoms with Crippen LogP contribution in [-0.4, -0.2) is 46.8 Å². The molecule has 0 atom stereocenters. The van der Waals surface area contributed by atoms with Crippen molar-refractivity contribution >= 4 is 5.69 Å². The van der Waals surface area contributed by atoms with Gasteiger partial charge in [0.1, 0.15) is 0 Å². The van der Waals surface area contributed by atoms with Gasteiger partial charge in [0, 0.05) is 54.5 Å². The minimum absolute atomic E-state index is 0.151. The summed E-state index contributed by atoms with van der Waals surface area (Å²) in [5.74, 6) is 0. The summed E-state index contributed by atoms with van der Waals surface area (Å²) >= 11 is 0. The number of aromatic nitrogens is 2. The van der Waals surface area contributed by atoms with Crippen LogP contribution in [0.5, 0.6) is 0 Å². The van der Waals surface area contributed by atoms with Gasteiger partial charge in [-0.1, -0.05) is 0 Å². The molecular weight excluding hydrogens is 306 g/mol. The highest BCUT2D eigenvalue weighted by atomic mass is 16.6. The maximum Gasteiger partial charge on any atom is 0.272 e. The Morgan fingerprint density at radius 2 is 2.21 bits per heavy atom. The number of nitro benzene ring substituents is 1. The lowest BCUT2D eigenvalue weighted by Gasteiger charge is -2.17. The molecule has 1 aliphatic heterocycles. The fourth-order valence-corrected chi connectivity index (χ4v) is 3.14. The SMILES string of the molecule is Cc1cc(-c2nn(CCN(C)C)c3c2CNCC3)ccc1[N+](=O)[O-]. The van der Waals surface area contributed by atoms with Gasteiger partial charge in [0.2, 0.25) is 0 Å². The van der Waals surface area contributed by atoms with Gasteiger partial charge in [-0.05, 0) is 33.2 Å². The minimum atomic E-state index is -0.341. The van der Waals surface area contributed by atoms with Gasteiger partial charge >= 0.3 is 0 Å². The number of nitrogens with one attached hydrogen (secondary N) is 1. The molecule has 0 bridgehead atoms. The number of rotatable bonds is 5. The molecule has 24 heavy (non-hydrogen) atoms. The Balaban J connectivity index is 2.01. The summed E-state index contributed by atoms with van der Waals surface area (Å²) in [5, 5.41) is 19.3. The van der Waals surface area contributed by atoms with Crippen molar-refractivity contribution in [2.75, 3.05) is 27.2 Å². The smallest absolute Gasteiger partial charge is 0.272 e. The summed E-state index contributed by atoms with van der Waals surface area (Å²) in [5.41, 5.74) is 5.20. The van der Waals surface area contributed by atoms with E-state index >= 15 is 0 Å². The van der Waals surface area contributed by atoms with Crippen molar-refractivity contribution < 1.29 is 4.92 Å². The molecule has 7 heteroatoms. The predicted molar refractivity (Wildman–Crippen MR) is 93.0 cm³/mol. The van der Waals surface area contributed by atoms with E-state index in [1.807, 2.05) is 6.07 Å². The fourth-order valence-electron chi connectivity index (χ4n) is 3.14. The van der Waals surface area contributed by atoms with Gasteiger partial charge in [-0.2, -0.15) is 5.10 Å². The van der Waals surface area contributed by atoms with Crippen molar-refractivity contribution in [2.45, 2.75) is 26.4 Å². The quantitative estimate of drug-likeness (QED) is 0.670. The van der Waals surface area contributed by atoms with E-state index in [4.69, 9.17) is 5.10 Å². The van der Waals surface area contributed by atoms with Crippen LogP contribution in [0.2, 0.25) is 0 Å². The van der Waals surface area contributed by atoms with Gasteiger partial charge in [0.05, 0.1) is 17.2 Å². The largest absolute Gasteiger partial charge is 0.312 e. The zero-order chi connectivity index (χ0) is 17.3. The second-order valence-corrected chi connectivity index (χ2v) is 6.49. The molecule has 7 nitrogen and oxygen atoms in total. The first-order valence-corrected chi connectivity index (χ1v) is 8.17. The van der Waals surface area contributed by atoms with E-state index in [9.17, 15) is 10.1 Å². The van der Waals surface area contributed by atoms with Crippen LogP contribution in [0.25, 0.3) is 11.3 Å². The minimum Gasteiger partial charge on any atom is -0.312 e. The molecule has 2 heterocycles. The highest BCUT2D eigenvalue weighted by Crippen LogP contribution is 2.30. The monoisotopic (exact) mass is 329 g/mol. The summed E-state index contributed by atoms with van der Waals surface area (Å²) in [4.78, 5) is 12.8. The molecule has 0 saturated heterocycles. The molecule has 3 rings (SSSR count). The number of hydrogen-bond donors (Lipinski definition) is 1. The number of aryl methyl sites for hydroxylation is 1. The molecule has 0 saturated carbocycles. The van der Waals surface area contributed by atoms with Gasteiger partial charge < -0.3 is 10.2 Å². The van der Waals surface area contributed by atoms with Crippen molar-refractivity contribution in [1.82, 2.24) is 20.0 Å². The average molecular weight is 329 g/mol. The van der Waals surface area contributed by atoms with Gasteiger partial charge in [-0.25, -0.2) is 0 Å². The molecule has 1 aromatic heterocycles. The van der Waals surface area contributed by atoms with E-state index in [2.05, 4.69) is 29.0 Å². The van der Waals surface area contributed by atoms with Crippen LogP contribution in [0.1, 0.15) is 16.8 Å². The summed E-state index contributed by atoms with van der Waals surface area (Å²) in [6.45, 7) is 5.30. The average Bonchev–Trinajstić information content (AvgIpc) is 2.91. The van der Waals surface area contributed by atoms with Crippen LogP contribution in [0.4, 0.5) is 5.69 Å². The summed E-state index contributed by atoms with van der Waals surface area (Å²) < 4.78 is 2.10. The Kier molecular flexibility index (Phi) is 4.64. The third-order valence-electron chi connectivity index (χ3n) is 4.43. The molecule has 2 aromatic rings. The predicted octanol–water partition coefficient (Wildman–Crippen LogP) is 1.97. The van der Waals surface area contributed by atoms with Crippen LogP contribution >= 0.6 is 0 Å². The van der Waals surface area contributed by atoms with Gasteiger partial charge in [0.15, 0.2) is 0 Å². The molecule has 128 valence electrons. The number of likely N-dealkylation sites (N-methyl/N-ethyl adjacent to an activating group) is 1. The van der Waals surface area contributed by atoms with E-state index in [1.165, 1.54) is 11.3 Å². The van der Waals surface area contributed by atoms with E-state index in [-0.39, 0.29) is 10.6 Å².